The van der Waals surface area contributed by atoms with Crippen molar-refractivity contribution in [2.24, 2.45) is 5.92 Å². The van der Waals surface area contributed by atoms with Crippen molar-refractivity contribution >= 4 is 28.0 Å². The molecule has 1 amide bonds. The van der Waals surface area contributed by atoms with E-state index in [2.05, 4.69) is 40.3 Å². The molecular formula is C17H18N10OS. The van der Waals surface area contributed by atoms with Crippen molar-refractivity contribution in [1.82, 2.24) is 44.6 Å². The van der Waals surface area contributed by atoms with Crippen LogP contribution in [0.1, 0.15) is 18.5 Å². The standard InChI is InChI=1S/C17H18N10OS/c28-16(19-6-13-7-29-17-22-10-24-27(13)17)12-1-3-25(4-2-12)14-5-15(21-9-20-14)26-11-18-8-23-26/h5,7-12H,1-4,6H2,(H,19,28). The number of anilines is 1. The molecule has 12 heteroatoms. The number of amides is 1. The fraction of sp³-hybridized carbons (Fsp3) is 0.353. The maximum absolute atomic E-state index is 12.6. The van der Waals surface area contributed by atoms with E-state index in [0.717, 1.165) is 42.4 Å². The number of hydrogen-bond donors (Lipinski definition) is 1. The summed E-state index contributed by atoms with van der Waals surface area (Å²) < 4.78 is 3.36. The second-order valence-corrected chi connectivity index (χ2v) is 7.57. The van der Waals surface area contributed by atoms with E-state index in [1.54, 1.807) is 15.5 Å². The van der Waals surface area contributed by atoms with Crippen LogP contribution in [0.2, 0.25) is 0 Å². The summed E-state index contributed by atoms with van der Waals surface area (Å²) in [5.74, 6) is 1.57. The zero-order valence-electron chi connectivity index (χ0n) is 15.4. The van der Waals surface area contributed by atoms with Crippen molar-refractivity contribution in [3.8, 4) is 5.82 Å². The number of piperidine rings is 1. The lowest BCUT2D eigenvalue weighted by Gasteiger charge is -2.32. The smallest absolute Gasteiger partial charge is 0.223 e. The van der Waals surface area contributed by atoms with Gasteiger partial charge in [0.25, 0.3) is 0 Å². The summed E-state index contributed by atoms with van der Waals surface area (Å²) in [6.45, 7) is 1.98. The molecule has 29 heavy (non-hydrogen) atoms. The molecule has 148 valence electrons. The number of carbonyl (C=O) groups is 1. The predicted molar refractivity (Wildman–Crippen MR) is 105 cm³/mol. The summed E-state index contributed by atoms with van der Waals surface area (Å²) in [4.78, 5) is 32.3. The number of hydrogen-bond acceptors (Lipinski definition) is 9. The molecule has 1 N–H and O–H groups in total. The second kappa shape index (κ2) is 7.54. The first kappa shape index (κ1) is 17.7. The van der Waals surface area contributed by atoms with Crippen molar-refractivity contribution in [3.63, 3.8) is 0 Å². The third-order valence-electron chi connectivity index (χ3n) is 5.01. The van der Waals surface area contributed by atoms with E-state index in [-0.39, 0.29) is 11.8 Å². The van der Waals surface area contributed by atoms with E-state index in [0.29, 0.717) is 12.4 Å². The van der Waals surface area contributed by atoms with Crippen LogP contribution in [0.15, 0.2) is 36.8 Å². The Bertz CT molecular complexity index is 1110. The van der Waals surface area contributed by atoms with E-state index >= 15 is 0 Å². The molecule has 0 spiro atoms. The molecule has 0 saturated carbocycles. The minimum absolute atomic E-state index is 0.00672. The van der Waals surface area contributed by atoms with Crippen molar-refractivity contribution in [1.29, 1.82) is 0 Å². The van der Waals surface area contributed by atoms with Gasteiger partial charge in [0, 0.05) is 30.5 Å². The number of fused-ring (bicyclic) bond motifs is 1. The first-order chi connectivity index (χ1) is 14.3. The summed E-state index contributed by atoms with van der Waals surface area (Å²) in [5.41, 5.74) is 0.940. The molecule has 0 aliphatic carbocycles. The van der Waals surface area contributed by atoms with Crippen LogP contribution in [-0.2, 0) is 11.3 Å². The number of aromatic nitrogens is 8. The molecule has 1 aliphatic heterocycles. The fourth-order valence-electron chi connectivity index (χ4n) is 3.45. The summed E-state index contributed by atoms with van der Waals surface area (Å²) >= 11 is 1.52. The fourth-order valence-corrected chi connectivity index (χ4v) is 4.25. The summed E-state index contributed by atoms with van der Waals surface area (Å²) in [5, 5.41) is 13.3. The zero-order valence-corrected chi connectivity index (χ0v) is 16.2. The number of nitrogens with zero attached hydrogens (tertiary/aromatic N) is 9. The Balaban J connectivity index is 1.18. The number of thiazole rings is 1. The molecule has 0 unspecified atom stereocenters. The van der Waals surface area contributed by atoms with Crippen LogP contribution in [0.3, 0.4) is 0 Å². The molecule has 11 nitrogen and oxygen atoms in total. The highest BCUT2D eigenvalue weighted by atomic mass is 32.1. The Morgan fingerprint density at radius 3 is 2.79 bits per heavy atom. The Labute approximate surface area is 169 Å². The first-order valence-electron chi connectivity index (χ1n) is 9.24. The van der Waals surface area contributed by atoms with Crippen molar-refractivity contribution < 1.29 is 4.79 Å². The SMILES string of the molecule is O=C(NCc1csc2ncnn12)C1CCN(c2cc(-n3cncn3)ncn2)CC1. The molecule has 5 heterocycles. The van der Waals surface area contributed by atoms with E-state index in [9.17, 15) is 4.79 Å². The number of nitrogens with one attached hydrogen (secondary N) is 1. The van der Waals surface area contributed by atoms with Crippen molar-refractivity contribution in [2.45, 2.75) is 19.4 Å². The van der Waals surface area contributed by atoms with Gasteiger partial charge in [-0.3, -0.25) is 4.79 Å². The molecule has 5 rings (SSSR count). The maximum atomic E-state index is 12.6. The second-order valence-electron chi connectivity index (χ2n) is 6.74. The van der Waals surface area contributed by atoms with Gasteiger partial charge in [-0.25, -0.2) is 29.1 Å². The topological polar surface area (TPSA) is 119 Å². The average molecular weight is 410 g/mol. The minimum atomic E-state index is -0.00672. The lowest BCUT2D eigenvalue weighted by Crippen LogP contribution is -2.40. The highest BCUT2D eigenvalue weighted by molar-refractivity contribution is 7.15. The summed E-state index contributed by atoms with van der Waals surface area (Å²) in [7, 11) is 0. The molecule has 1 saturated heterocycles. The van der Waals surface area contributed by atoms with Gasteiger partial charge in [-0.05, 0) is 12.8 Å². The van der Waals surface area contributed by atoms with Crippen LogP contribution in [0.25, 0.3) is 10.8 Å². The lowest BCUT2D eigenvalue weighted by atomic mass is 9.96. The molecule has 1 fully saturated rings. The third-order valence-corrected chi connectivity index (χ3v) is 5.89. The molecule has 4 aromatic heterocycles. The van der Waals surface area contributed by atoms with Gasteiger partial charge in [0.2, 0.25) is 10.9 Å². The van der Waals surface area contributed by atoms with E-state index in [1.165, 1.54) is 30.3 Å². The Hall–Kier alpha value is -3.41. The molecule has 0 atom stereocenters. The Morgan fingerprint density at radius 1 is 1.10 bits per heavy atom. The van der Waals surface area contributed by atoms with Crippen LogP contribution in [0, 0.1) is 5.92 Å². The summed E-state index contributed by atoms with van der Waals surface area (Å²) in [6.07, 6.45) is 7.66. The van der Waals surface area contributed by atoms with Gasteiger partial charge >= 0.3 is 0 Å². The van der Waals surface area contributed by atoms with E-state index < -0.39 is 0 Å². The highest BCUT2D eigenvalue weighted by Crippen LogP contribution is 2.23. The van der Waals surface area contributed by atoms with Crippen LogP contribution in [0.4, 0.5) is 5.82 Å². The van der Waals surface area contributed by atoms with Crippen LogP contribution in [-0.4, -0.2) is 58.3 Å². The van der Waals surface area contributed by atoms with Crippen LogP contribution in [0.5, 0.6) is 0 Å². The largest absolute Gasteiger partial charge is 0.356 e. The third kappa shape index (κ3) is 3.53. The monoisotopic (exact) mass is 410 g/mol. The maximum Gasteiger partial charge on any atom is 0.223 e. The Morgan fingerprint density at radius 2 is 1.97 bits per heavy atom. The lowest BCUT2D eigenvalue weighted by molar-refractivity contribution is -0.125. The van der Waals surface area contributed by atoms with Gasteiger partial charge in [0.05, 0.1) is 12.2 Å². The van der Waals surface area contributed by atoms with E-state index in [4.69, 9.17) is 0 Å². The van der Waals surface area contributed by atoms with Gasteiger partial charge in [0.15, 0.2) is 5.82 Å². The van der Waals surface area contributed by atoms with Crippen molar-refractivity contribution in [3.05, 3.63) is 42.4 Å². The van der Waals surface area contributed by atoms with Crippen molar-refractivity contribution in [2.75, 3.05) is 18.0 Å². The van der Waals surface area contributed by atoms with Gasteiger partial charge < -0.3 is 10.2 Å². The molecule has 4 aromatic rings. The predicted octanol–water partition coefficient (Wildman–Crippen LogP) is 0.694. The zero-order chi connectivity index (χ0) is 19.6. The molecule has 0 aromatic carbocycles. The molecular weight excluding hydrogens is 392 g/mol. The number of carbonyl (C=O) groups excluding carboxylic acids is 1. The van der Waals surface area contributed by atoms with Gasteiger partial charge in [0.1, 0.15) is 31.1 Å². The molecule has 0 radical (unpaired) electrons. The first-order valence-corrected chi connectivity index (χ1v) is 10.1. The van der Waals surface area contributed by atoms with Gasteiger partial charge in [-0.1, -0.05) is 0 Å². The van der Waals surface area contributed by atoms with E-state index in [1.807, 2.05) is 11.4 Å². The van der Waals surface area contributed by atoms with Gasteiger partial charge in [-0.2, -0.15) is 10.2 Å². The quantitative estimate of drug-likeness (QED) is 0.511. The average Bonchev–Trinajstić information content (AvgIpc) is 3.51. The highest BCUT2D eigenvalue weighted by Gasteiger charge is 2.26. The molecule has 0 bridgehead atoms. The number of rotatable bonds is 5. The van der Waals surface area contributed by atoms with Gasteiger partial charge in [-0.15, -0.1) is 11.3 Å². The normalized spacial score (nSPS) is 15.1. The minimum Gasteiger partial charge on any atom is -0.356 e. The van der Waals surface area contributed by atoms with Crippen LogP contribution < -0.4 is 10.2 Å². The summed E-state index contributed by atoms with van der Waals surface area (Å²) in [6, 6.07) is 1.88. The molecule has 1 aliphatic rings. The Kier molecular flexibility index (Phi) is 4.60. The van der Waals surface area contributed by atoms with Crippen LogP contribution >= 0.6 is 11.3 Å².